The fourth-order valence-electron chi connectivity index (χ4n) is 1.71. The van der Waals surface area contributed by atoms with Crippen molar-refractivity contribution in [3.05, 3.63) is 29.8 Å². The largest absolute Gasteiger partial charge is 0.491 e. The summed E-state index contributed by atoms with van der Waals surface area (Å²) in [6.45, 7) is 8.84. The summed E-state index contributed by atoms with van der Waals surface area (Å²) in [5.74, 6) is 1.34. The standard InChI is InChI=1S/C16H27N3O2/c1-4-20-11-5-10-18-16(17)19-12-14-6-8-15(9-7-14)21-13(2)3/h6-9,13H,4-5,10-12H2,1-3H3,(H3,17,18,19). The van der Waals surface area contributed by atoms with Crippen LogP contribution in [-0.2, 0) is 11.3 Å². The van der Waals surface area contributed by atoms with E-state index in [-0.39, 0.29) is 6.10 Å². The first-order valence-electron chi connectivity index (χ1n) is 7.49. The number of benzene rings is 1. The first-order valence-corrected chi connectivity index (χ1v) is 7.49. The molecule has 0 aliphatic heterocycles. The lowest BCUT2D eigenvalue weighted by Crippen LogP contribution is -2.32. The molecule has 0 amide bonds. The lowest BCUT2D eigenvalue weighted by atomic mass is 10.2. The van der Waals surface area contributed by atoms with E-state index < -0.39 is 0 Å². The Morgan fingerprint density at radius 3 is 2.62 bits per heavy atom. The van der Waals surface area contributed by atoms with Crippen molar-refractivity contribution in [1.82, 2.24) is 5.32 Å². The van der Waals surface area contributed by atoms with E-state index in [4.69, 9.17) is 15.2 Å². The van der Waals surface area contributed by atoms with Crippen LogP contribution < -0.4 is 15.8 Å². The Hall–Kier alpha value is -1.75. The minimum absolute atomic E-state index is 0.186. The van der Waals surface area contributed by atoms with Crippen molar-refractivity contribution in [1.29, 1.82) is 0 Å². The van der Waals surface area contributed by atoms with Gasteiger partial charge in [0, 0.05) is 19.8 Å². The number of ether oxygens (including phenoxy) is 2. The Bertz CT molecular complexity index is 416. The summed E-state index contributed by atoms with van der Waals surface area (Å²) in [5, 5.41) is 3.07. The number of nitrogens with two attached hydrogens (primary N) is 1. The van der Waals surface area contributed by atoms with Crippen molar-refractivity contribution >= 4 is 5.96 Å². The maximum atomic E-state index is 5.81. The maximum absolute atomic E-state index is 5.81. The van der Waals surface area contributed by atoms with Gasteiger partial charge in [-0.2, -0.15) is 0 Å². The molecule has 21 heavy (non-hydrogen) atoms. The summed E-state index contributed by atoms with van der Waals surface area (Å²) < 4.78 is 10.8. The first-order chi connectivity index (χ1) is 10.1. The van der Waals surface area contributed by atoms with Crippen LogP contribution in [-0.4, -0.2) is 31.8 Å². The maximum Gasteiger partial charge on any atom is 0.188 e. The van der Waals surface area contributed by atoms with Crippen molar-refractivity contribution in [3.63, 3.8) is 0 Å². The summed E-state index contributed by atoms with van der Waals surface area (Å²) in [6, 6.07) is 7.92. The van der Waals surface area contributed by atoms with Gasteiger partial charge in [0.2, 0.25) is 0 Å². The highest BCUT2D eigenvalue weighted by molar-refractivity contribution is 5.77. The molecule has 0 atom stereocenters. The highest BCUT2D eigenvalue weighted by Crippen LogP contribution is 2.14. The summed E-state index contributed by atoms with van der Waals surface area (Å²) in [7, 11) is 0. The minimum Gasteiger partial charge on any atom is -0.491 e. The molecule has 5 nitrogen and oxygen atoms in total. The van der Waals surface area contributed by atoms with Gasteiger partial charge in [-0.3, -0.25) is 0 Å². The average Bonchev–Trinajstić information content (AvgIpc) is 2.46. The van der Waals surface area contributed by atoms with E-state index in [9.17, 15) is 0 Å². The molecule has 0 heterocycles. The van der Waals surface area contributed by atoms with Crippen molar-refractivity contribution in [2.45, 2.75) is 39.8 Å². The van der Waals surface area contributed by atoms with E-state index in [1.165, 1.54) is 0 Å². The van der Waals surface area contributed by atoms with Gasteiger partial charge in [0.25, 0.3) is 0 Å². The van der Waals surface area contributed by atoms with Gasteiger partial charge < -0.3 is 20.5 Å². The molecule has 0 saturated carbocycles. The molecule has 1 aromatic carbocycles. The lowest BCUT2D eigenvalue weighted by molar-refractivity contribution is 0.145. The van der Waals surface area contributed by atoms with Gasteiger partial charge in [0.15, 0.2) is 5.96 Å². The van der Waals surface area contributed by atoms with Crippen LogP contribution in [0.15, 0.2) is 29.3 Å². The quantitative estimate of drug-likeness (QED) is 0.416. The molecule has 0 saturated heterocycles. The Labute approximate surface area is 127 Å². The van der Waals surface area contributed by atoms with Gasteiger partial charge in [-0.1, -0.05) is 12.1 Å². The second-order valence-electron chi connectivity index (χ2n) is 4.99. The number of guanidine groups is 1. The number of aliphatic imine (C=N–C) groups is 1. The van der Waals surface area contributed by atoms with Crippen LogP contribution >= 0.6 is 0 Å². The Balaban J connectivity index is 2.30. The van der Waals surface area contributed by atoms with Crippen LogP contribution in [0.5, 0.6) is 5.75 Å². The van der Waals surface area contributed by atoms with Gasteiger partial charge in [-0.25, -0.2) is 4.99 Å². The molecule has 3 N–H and O–H groups in total. The molecular formula is C16H27N3O2. The van der Waals surface area contributed by atoms with E-state index in [1.807, 2.05) is 45.0 Å². The number of nitrogens with one attached hydrogen (secondary N) is 1. The van der Waals surface area contributed by atoms with Crippen molar-refractivity contribution in [2.24, 2.45) is 10.7 Å². The van der Waals surface area contributed by atoms with Crippen LogP contribution in [0.3, 0.4) is 0 Å². The molecule has 0 spiro atoms. The van der Waals surface area contributed by atoms with Gasteiger partial charge >= 0.3 is 0 Å². The summed E-state index contributed by atoms with van der Waals surface area (Å²) >= 11 is 0. The average molecular weight is 293 g/mol. The van der Waals surface area contributed by atoms with Gasteiger partial charge in [-0.05, 0) is 44.9 Å². The zero-order chi connectivity index (χ0) is 15.5. The molecule has 0 aromatic heterocycles. The van der Waals surface area contributed by atoms with E-state index in [2.05, 4.69) is 10.3 Å². The molecule has 0 radical (unpaired) electrons. The van der Waals surface area contributed by atoms with Crippen molar-refractivity contribution in [2.75, 3.05) is 19.8 Å². The molecule has 0 bridgehead atoms. The molecule has 0 fully saturated rings. The third-order valence-electron chi connectivity index (χ3n) is 2.70. The first kappa shape index (κ1) is 17.3. The topological polar surface area (TPSA) is 68.9 Å². The number of hydrogen-bond acceptors (Lipinski definition) is 3. The Morgan fingerprint density at radius 1 is 1.29 bits per heavy atom. The van der Waals surface area contributed by atoms with Gasteiger partial charge in [0.1, 0.15) is 5.75 Å². The van der Waals surface area contributed by atoms with E-state index in [0.717, 1.165) is 37.5 Å². The van der Waals surface area contributed by atoms with Crippen LogP contribution in [0, 0.1) is 0 Å². The molecule has 0 aliphatic carbocycles. The number of nitrogens with zero attached hydrogens (tertiary/aromatic N) is 1. The third-order valence-corrected chi connectivity index (χ3v) is 2.70. The predicted molar refractivity (Wildman–Crippen MR) is 86.6 cm³/mol. The Kier molecular flexibility index (Phi) is 8.28. The van der Waals surface area contributed by atoms with Crippen molar-refractivity contribution in [3.8, 4) is 5.75 Å². The smallest absolute Gasteiger partial charge is 0.188 e. The van der Waals surface area contributed by atoms with Gasteiger partial charge in [-0.15, -0.1) is 0 Å². The fourth-order valence-corrected chi connectivity index (χ4v) is 1.71. The second kappa shape index (κ2) is 10.0. The van der Waals surface area contributed by atoms with Crippen LogP contribution in [0.25, 0.3) is 0 Å². The second-order valence-corrected chi connectivity index (χ2v) is 4.99. The minimum atomic E-state index is 0.186. The molecule has 5 heteroatoms. The fraction of sp³-hybridized carbons (Fsp3) is 0.562. The molecule has 1 aromatic rings. The summed E-state index contributed by atoms with van der Waals surface area (Å²) in [4.78, 5) is 4.30. The van der Waals surface area contributed by atoms with E-state index in [1.54, 1.807) is 0 Å². The van der Waals surface area contributed by atoms with E-state index >= 15 is 0 Å². The number of rotatable bonds is 9. The zero-order valence-corrected chi connectivity index (χ0v) is 13.3. The zero-order valence-electron chi connectivity index (χ0n) is 13.3. The van der Waals surface area contributed by atoms with Gasteiger partial charge in [0.05, 0.1) is 12.6 Å². The van der Waals surface area contributed by atoms with Crippen LogP contribution in [0.4, 0.5) is 0 Å². The molecule has 0 aliphatic rings. The highest BCUT2D eigenvalue weighted by atomic mass is 16.5. The normalized spacial score (nSPS) is 11.7. The van der Waals surface area contributed by atoms with Crippen LogP contribution in [0.1, 0.15) is 32.8 Å². The summed E-state index contributed by atoms with van der Waals surface area (Å²) in [5.41, 5.74) is 6.91. The lowest BCUT2D eigenvalue weighted by Gasteiger charge is -2.09. The highest BCUT2D eigenvalue weighted by Gasteiger charge is 1.98. The summed E-state index contributed by atoms with van der Waals surface area (Å²) in [6.07, 6.45) is 1.11. The molecule has 1 rings (SSSR count). The van der Waals surface area contributed by atoms with Crippen LogP contribution in [0.2, 0.25) is 0 Å². The van der Waals surface area contributed by atoms with Crippen molar-refractivity contribution < 1.29 is 9.47 Å². The predicted octanol–water partition coefficient (Wildman–Crippen LogP) is 2.30. The third kappa shape index (κ3) is 8.19. The van der Waals surface area contributed by atoms with E-state index in [0.29, 0.717) is 12.5 Å². The molecule has 118 valence electrons. The Morgan fingerprint density at radius 2 is 2.00 bits per heavy atom. The SMILES string of the molecule is CCOCCCNC(N)=NCc1ccc(OC(C)C)cc1. The molecule has 0 unspecified atom stereocenters. The monoisotopic (exact) mass is 293 g/mol. The number of hydrogen-bond donors (Lipinski definition) is 2. The molecular weight excluding hydrogens is 266 g/mol.